The fourth-order valence-corrected chi connectivity index (χ4v) is 7.34. The first-order valence-electron chi connectivity index (χ1n) is 15.1. The minimum atomic E-state index is -2.79. The van der Waals surface area contributed by atoms with Gasteiger partial charge in [0, 0.05) is 47.8 Å². The van der Waals surface area contributed by atoms with E-state index in [2.05, 4.69) is 22.5 Å². The highest BCUT2D eigenvalue weighted by molar-refractivity contribution is 8.00. The molecule has 2 aromatic carbocycles. The van der Waals surface area contributed by atoms with Gasteiger partial charge in [0.25, 0.3) is 11.7 Å². The quantitative estimate of drug-likeness (QED) is 0.141. The van der Waals surface area contributed by atoms with E-state index in [1.54, 1.807) is 6.07 Å². The van der Waals surface area contributed by atoms with E-state index in [4.69, 9.17) is 26.3 Å². The number of pyridine rings is 1. The number of ether oxygens (including phenoxy) is 1. The molecule has 2 aliphatic heterocycles. The van der Waals surface area contributed by atoms with Crippen molar-refractivity contribution in [3.8, 4) is 23.2 Å². The van der Waals surface area contributed by atoms with Crippen molar-refractivity contribution in [2.75, 3.05) is 44.7 Å². The van der Waals surface area contributed by atoms with E-state index in [0.29, 0.717) is 45.7 Å². The Hall–Kier alpha value is -4.12. The highest BCUT2D eigenvalue weighted by atomic mass is 35.5. The molecule has 0 spiro atoms. The second-order valence-corrected chi connectivity index (χ2v) is 12.9. The molecule has 2 saturated heterocycles. The smallest absolute Gasteiger partial charge is 0.319 e. The van der Waals surface area contributed by atoms with Gasteiger partial charge in [-0.25, -0.2) is 9.37 Å². The molecule has 1 amide bonds. The van der Waals surface area contributed by atoms with Crippen molar-refractivity contribution in [1.82, 2.24) is 24.8 Å². The first-order valence-corrected chi connectivity index (χ1v) is 16.4. The summed E-state index contributed by atoms with van der Waals surface area (Å²) in [5.74, 6) is -4.48. The number of hydrogen-bond acceptors (Lipinski definition) is 9. The van der Waals surface area contributed by atoms with E-state index in [0.717, 1.165) is 24.8 Å². The lowest BCUT2D eigenvalue weighted by atomic mass is 9.99. The minimum Gasteiger partial charge on any atom is -0.462 e. The summed E-state index contributed by atoms with van der Waals surface area (Å²) in [7, 11) is 2.01. The third-order valence-electron chi connectivity index (χ3n) is 8.66. The van der Waals surface area contributed by atoms with Crippen LogP contribution in [0.3, 0.4) is 0 Å². The summed E-state index contributed by atoms with van der Waals surface area (Å²) in [5.41, 5.74) is 1.46. The summed E-state index contributed by atoms with van der Waals surface area (Å²) in [5, 5.41) is 11.5. The van der Waals surface area contributed by atoms with Gasteiger partial charge in [-0.3, -0.25) is 4.79 Å². The summed E-state index contributed by atoms with van der Waals surface area (Å²) < 4.78 is 48.7. The molecule has 1 unspecified atom stereocenters. The van der Waals surface area contributed by atoms with E-state index in [1.165, 1.54) is 11.1 Å². The zero-order chi connectivity index (χ0) is 33.2. The number of carbonyl (C=O) groups is 1. The van der Waals surface area contributed by atoms with Crippen LogP contribution >= 0.6 is 23.4 Å². The number of alkyl halides is 2. The average molecular weight is 682 g/mol. The summed E-state index contributed by atoms with van der Waals surface area (Å²) in [4.78, 5) is 32.1. The van der Waals surface area contributed by atoms with Gasteiger partial charge in [0.1, 0.15) is 17.6 Å². The zero-order valence-electron chi connectivity index (χ0n) is 25.5. The van der Waals surface area contributed by atoms with Gasteiger partial charge in [-0.2, -0.15) is 24.0 Å². The van der Waals surface area contributed by atoms with Crippen LogP contribution in [0.25, 0.3) is 32.9 Å². The van der Waals surface area contributed by atoms with Crippen molar-refractivity contribution < 1.29 is 22.7 Å². The largest absolute Gasteiger partial charge is 0.462 e. The minimum absolute atomic E-state index is 0.00806. The number of piperazine rings is 1. The fourth-order valence-electron chi connectivity index (χ4n) is 6.33. The Labute approximate surface area is 279 Å². The Morgan fingerprint density at radius 2 is 1.94 bits per heavy atom. The molecule has 14 heteroatoms. The van der Waals surface area contributed by atoms with Crippen molar-refractivity contribution in [2.45, 2.75) is 42.0 Å². The monoisotopic (exact) mass is 681 g/mol. The van der Waals surface area contributed by atoms with Crippen LogP contribution in [0.5, 0.6) is 6.01 Å². The Morgan fingerprint density at radius 1 is 1.15 bits per heavy atom. The normalized spacial score (nSPS) is 18.7. The molecule has 4 aromatic rings. The van der Waals surface area contributed by atoms with Crippen molar-refractivity contribution in [3.63, 3.8) is 0 Å². The number of hydrogen-bond donors (Lipinski definition) is 0. The first kappa shape index (κ1) is 32.8. The van der Waals surface area contributed by atoms with E-state index in [1.807, 2.05) is 42.3 Å². The molecule has 2 aromatic heterocycles. The third kappa shape index (κ3) is 6.68. The van der Waals surface area contributed by atoms with Gasteiger partial charge in [-0.15, -0.1) is 0 Å². The van der Waals surface area contributed by atoms with Crippen LogP contribution in [-0.4, -0.2) is 88.3 Å². The van der Waals surface area contributed by atoms with Crippen molar-refractivity contribution >= 4 is 56.9 Å². The predicted octanol–water partition coefficient (Wildman–Crippen LogP) is 6.70. The fraction of sp³-hybridized carbons (Fsp3) is 0.364. The van der Waals surface area contributed by atoms with Gasteiger partial charge in [0.15, 0.2) is 11.6 Å². The Kier molecular flexibility index (Phi) is 9.72. The van der Waals surface area contributed by atoms with Gasteiger partial charge >= 0.3 is 6.01 Å². The number of nitriles is 1. The lowest BCUT2D eigenvalue weighted by Crippen LogP contribution is -2.55. The van der Waals surface area contributed by atoms with Crippen molar-refractivity contribution in [1.29, 1.82) is 5.26 Å². The molecule has 0 aliphatic carbocycles. The highest BCUT2D eigenvalue weighted by Crippen LogP contribution is 2.44. The highest BCUT2D eigenvalue weighted by Gasteiger charge is 2.34. The number of rotatable bonds is 9. The van der Waals surface area contributed by atoms with Gasteiger partial charge in [-0.05, 0) is 43.5 Å². The number of likely N-dealkylation sites (N-methyl/N-ethyl adjacent to an activating group) is 1. The van der Waals surface area contributed by atoms with Gasteiger partial charge in [-0.1, -0.05) is 60.3 Å². The number of likely N-dealkylation sites (tertiary alicyclic amines) is 1. The maximum absolute atomic E-state index is 14.3. The maximum atomic E-state index is 14.3. The third-order valence-corrected chi connectivity index (χ3v) is 9.80. The SMILES string of the molecule is C=C(F)C(=O)N1CCN(c2nc(OCC3CCCN3C)nc3c(SC(F)F)c(-c4cccc5cccc(Cl)c45)cnc23)C[C@@H]1CC#N. The molecular formula is C33H31ClF3N7O2S. The molecular weight excluding hydrogens is 651 g/mol. The summed E-state index contributed by atoms with van der Waals surface area (Å²) in [6.45, 7) is 4.75. The molecule has 0 radical (unpaired) electrons. The van der Waals surface area contributed by atoms with Crippen molar-refractivity contribution in [3.05, 3.63) is 60.0 Å². The molecule has 4 heterocycles. The molecule has 2 atom stereocenters. The van der Waals surface area contributed by atoms with Crippen LogP contribution in [0.4, 0.5) is 19.0 Å². The summed E-state index contributed by atoms with van der Waals surface area (Å²) >= 11 is 6.99. The van der Waals surface area contributed by atoms with Gasteiger partial charge < -0.3 is 19.4 Å². The Balaban J connectivity index is 1.51. The van der Waals surface area contributed by atoms with Crippen LogP contribution < -0.4 is 9.64 Å². The van der Waals surface area contributed by atoms with E-state index in [-0.39, 0.29) is 54.0 Å². The number of carbonyl (C=O) groups excluding carboxylic acids is 1. The number of nitrogens with zero attached hydrogens (tertiary/aromatic N) is 7. The molecule has 244 valence electrons. The molecule has 2 aliphatic rings. The summed E-state index contributed by atoms with van der Waals surface area (Å²) in [6, 6.07) is 12.5. The number of benzene rings is 2. The molecule has 0 N–H and O–H groups in total. The number of halogens is 4. The molecule has 47 heavy (non-hydrogen) atoms. The van der Waals surface area contributed by atoms with Crippen LogP contribution in [0, 0.1) is 11.3 Å². The molecule has 0 saturated carbocycles. The average Bonchev–Trinajstić information content (AvgIpc) is 3.47. The second kappa shape index (κ2) is 13.9. The standard InChI is InChI=1S/C33H31ClF3N7O2S/c1-19(35)31(45)44-15-14-43(17-21(44)11-12-38)30-28-27(40-33(41-30)46-18-22-8-5-13-42(22)2)29(47-32(36)37)24(16-39-28)23-9-3-6-20-7-4-10-25(34)26(20)23/h3-4,6-7,9-10,16,21-22,32H,1,5,8,11,13-15,17-18H2,2H3/t21-,22?/m0/s1. The number of fused-ring (bicyclic) bond motifs is 2. The van der Waals surface area contributed by atoms with E-state index < -0.39 is 23.5 Å². The number of anilines is 1. The van der Waals surface area contributed by atoms with Gasteiger partial charge in [0.05, 0.1) is 23.4 Å². The van der Waals surface area contributed by atoms with Crippen molar-refractivity contribution in [2.24, 2.45) is 0 Å². The first-order chi connectivity index (χ1) is 22.7. The van der Waals surface area contributed by atoms with Crippen LogP contribution in [-0.2, 0) is 4.79 Å². The molecule has 9 nitrogen and oxygen atoms in total. The number of amides is 1. The number of thioether (sulfide) groups is 1. The Bertz CT molecular complexity index is 1890. The lowest BCUT2D eigenvalue weighted by Gasteiger charge is -2.41. The van der Waals surface area contributed by atoms with E-state index >= 15 is 0 Å². The van der Waals surface area contributed by atoms with Crippen LogP contribution in [0.1, 0.15) is 19.3 Å². The molecule has 0 bridgehead atoms. The second-order valence-electron chi connectivity index (χ2n) is 11.5. The van der Waals surface area contributed by atoms with Crippen LogP contribution in [0.2, 0.25) is 5.02 Å². The van der Waals surface area contributed by atoms with E-state index in [9.17, 15) is 23.2 Å². The number of aromatic nitrogens is 3. The Morgan fingerprint density at radius 3 is 2.64 bits per heavy atom. The molecule has 6 rings (SSSR count). The summed E-state index contributed by atoms with van der Waals surface area (Å²) in [6.07, 6.45) is 3.41. The zero-order valence-corrected chi connectivity index (χ0v) is 27.1. The maximum Gasteiger partial charge on any atom is 0.319 e. The molecule has 2 fully saturated rings. The predicted molar refractivity (Wildman–Crippen MR) is 176 cm³/mol. The van der Waals surface area contributed by atoms with Gasteiger partial charge in [0.2, 0.25) is 0 Å². The topological polar surface area (TPSA) is 98.5 Å². The lowest BCUT2D eigenvalue weighted by molar-refractivity contribution is -0.131. The van der Waals surface area contributed by atoms with Crippen LogP contribution in [0.15, 0.2) is 59.9 Å².